The van der Waals surface area contributed by atoms with Crippen LogP contribution in [0.25, 0.3) is 21.9 Å². The van der Waals surface area contributed by atoms with E-state index < -0.39 is 47.9 Å². The highest BCUT2D eigenvalue weighted by Gasteiger charge is 2.55. The molecule has 4 aliphatic heterocycles. The van der Waals surface area contributed by atoms with Crippen molar-refractivity contribution in [1.29, 1.82) is 0 Å². The number of ether oxygens (including phenoxy) is 6. The zero-order valence-electron chi connectivity index (χ0n) is 40.6. The lowest BCUT2D eigenvalue weighted by Gasteiger charge is -2.54. The Morgan fingerprint density at radius 1 is 0.859 bits per heavy atom. The van der Waals surface area contributed by atoms with Crippen LogP contribution in [0.1, 0.15) is 105 Å². The maximum Gasteiger partial charge on any atom is 0.149 e. The van der Waals surface area contributed by atoms with E-state index in [1.54, 1.807) is 31.4 Å². The zero-order chi connectivity index (χ0) is 48.8. The molecular formula is C58H66N2O11. The monoisotopic (exact) mass is 966 g/mol. The first-order valence-electron chi connectivity index (χ1n) is 25.7. The van der Waals surface area contributed by atoms with Gasteiger partial charge in [-0.25, -0.2) is 0 Å². The minimum absolute atomic E-state index is 0.0375. The minimum Gasteiger partial charge on any atom is -0.508 e. The van der Waals surface area contributed by atoms with Crippen LogP contribution in [-0.4, -0.2) is 95.6 Å². The smallest absolute Gasteiger partial charge is 0.149 e. The van der Waals surface area contributed by atoms with Crippen LogP contribution in [-0.2, 0) is 22.3 Å². The summed E-state index contributed by atoms with van der Waals surface area (Å²) in [5.41, 5.74) is 4.91. The van der Waals surface area contributed by atoms with E-state index in [0.29, 0.717) is 98.7 Å². The Balaban J connectivity index is 1.06. The first-order valence-corrected chi connectivity index (χ1v) is 25.7. The highest BCUT2D eigenvalue weighted by atomic mass is 16.5. The molecule has 71 heavy (non-hydrogen) atoms. The summed E-state index contributed by atoms with van der Waals surface area (Å²) in [7, 11) is 1.69. The van der Waals surface area contributed by atoms with Gasteiger partial charge in [-0.1, -0.05) is 30.9 Å². The predicted octanol–water partition coefficient (Wildman–Crippen LogP) is 8.52. The van der Waals surface area contributed by atoms with Crippen LogP contribution < -0.4 is 29.6 Å². The number of phenols is 3. The van der Waals surface area contributed by atoms with Gasteiger partial charge in [-0.05, 0) is 141 Å². The highest BCUT2D eigenvalue weighted by Crippen LogP contribution is 2.56. The molecule has 374 valence electrons. The van der Waals surface area contributed by atoms with E-state index in [9.17, 15) is 25.5 Å². The molecule has 13 heteroatoms. The topological polar surface area (TPSA) is 181 Å². The molecule has 0 aromatic heterocycles. The SMILES string of the molecule is CCc1cc(-c2cccc(O)c2)c(Cc2cc(OC3CCCC3)cc3c2OC[C@H]([C@@H]2[C@@H](CCCOC)Oc4c5cc(c6cc(O)ccc46)OCC#C[C@@H]4CNCN[C@@]46CC[C@H](O)C[C@H]6O[C@@H]52)[C@@H]3O)cc1O. The summed E-state index contributed by atoms with van der Waals surface area (Å²) >= 11 is 0. The van der Waals surface area contributed by atoms with Crippen molar-refractivity contribution in [3.63, 3.8) is 0 Å². The molecule has 1 spiro atoms. The number of phenolic OH excluding ortho intramolecular Hbond substituents is 3. The van der Waals surface area contributed by atoms with Crippen molar-refractivity contribution < 1.29 is 54.0 Å². The number of benzene rings is 5. The number of fused-ring (bicyclic) bond motifs is 5. The van der Waals surface area contributed by atoms with Crippen molar-refractivity contribution in [3.05, 3.63) is 101 Å². The molecule has 9 atom stereocenters. The number of aliphatic hydroxyl groups is 2. The van der Waals surface area contributed by atoms with Crippen molar-refractivity contribution in [3.8, 4) is 63.2 Å². The maximum absolute atomic E-state index is 13.3. The maximum atomic E-state index is 13.3. The normalized spacial score (nSPS) is 28.1. The number of hydrogen-bond donors (Lipinski definition) is 7. The predicted molar refractivity (Wildman–Crippen MR) is 268 cm³/mol. The number of aryl methyl sites for hydroxylation is 1. The highest BCUT2D eigenvalue weighted by molar-refractivity contribution is 5.96. The van der Waals surface area contributed by atoms with E-state index in [-0.39, 0.29) is 42.5 Å². The molecule has 2 saturated carbocycles. The van der Waals surface area contributed by atoms with Gasteiger partial charge in [0.05, 0.1) is 48.6 Å². The number of methoxy groups -OCH3 is 1. The number of nitrogens with one attached hydrogen (secondary N) is 2. The van der Waals surface area contributed by atoms with E-state index in [0.717, 1.165) is 64.5 Å². The van der Waals surface area contributed by atoms with E-state index in [2.05, 4.69) is 22.5 Å². The molecular weight excluding hydrogens is 901 g/mol. The summed E-state index contributed by atoms with van der Waals surface area (Å²) < 4.78 is 41.0. The van der Waals surface area contributed by atoms with Gasteiger partial charge in [0.25, 0.3) is 0 Å². The molecule has 6 aliphatic rings. The minimum atomic E-state index is -1.06. The third-order valence-corrected chi connectivity index (χ3v) is 16.2. The number of aromatic hydroxyl groups is 3. The van der Waals surface area contributed by atoms with Crippen molar-refractivity contribution in [2.45, 2.75) is 120 Å². The van der Waals surface area contributed by atoms with Crippen LogP contribution in [0, 0.1) is 29.6 Å². The zero-order valence-corrected chi connectivity index (χ0v) is 40.6. The molecule has 0 unspecified atom stereocenters. The second-order valence-electron chi connectivity index (χ2n) is 20.5. The van der Waals surface area contributed by atoms with E-state index in [1.807, 2.05) is 55.5 Å². The fraction of sp³-hybridized carbons (Fsp3) is 0.483. The van der Waals surface area contributed by atoms with Crippen LogP contribution in [0.5, 0.6) is 40.2 Å². The molecule has 3 fully saturated rings. The molecule has 13 nitrogen and oxygen atoms in total. The molecule has 11 rings (SSSR count). The van der Waals surface area contributed by atoms with Crippen molar-refractivity contribution in [1.82, 2.24) is 10.6 Å². The second-order valence-corrected chi connectivity index (χ2v) is 20.5. The Bertz CT molecular complexity index is 2840. The average molecular weight is 967 g/mol. The van der Waals surface area contributed by atoms with E-state index in [4.69, 9.17) is 28.4 Å². The van der Waals surface area contributed by atoms with Crippen LogP contribution in [0.15, 0.2) is 72.8 Å². The fourth-order valence-corrected chi connectivity index (χ4v) is 12.7. The quantitative estimate of drug-likeness (QED) is 0.0495. The molecule has 5 aromatic rings. The van der Waals surface area contributed by atoms with Gasteiger partial charge in [-0.2, -0.15) is 0 Å². The van der Waals surface area contributed by atoms with Crippen LogP contribution >= 0.6 is 0 Å². The number of hydrogen-bond acceptors (Lipinski definition) is 13. The molecule has 1 saturated heterocycles. The lowest BCUT2D eigenvalue weighted by atomic mass is 9.68. The van der Waals surface area contributed by atoms with Crippen LogP contribution in [0.3, 0.4) is 0 Å². The molecule has 0 amide bonds. The van der Waals surface area contributed by atoms with Gasteiger partial charge < -0.3 is 59.3 Å². The van der Waals surface area contributed by atoms with Crippen LogP contribution in [0.4, 0.5) is 0 Å². The molecule has 4 heterocycles. The summed E-state index contributed by atoms with van der Waals surface area (Å²) in [6.45, 7) is 3.96. The van der Waals surface area contributed by atoms with Gasteiger partial charge in [0.15, 0.2) is 0 Å². The third-order valence-electron chi connectivity index (χ3n) is 16.2. The van der Waals surface area contributed by atoms with Gasteiger partial charge in [0, 0.05) is 79.1 Å². The van der Waals surface area contributed by atoms with E-state index >= 15 is 0 Å². The lowest BCUT2D eigenvalue weighted by Crippen LogP contribution is -2.69. The van der Waals surface area contributed by atoms with Crippen molar-refractivity contribution in [2.75, 3.05) is 40.1 Å². The second kappa shape index (κ2) is 20.1. The summed E-state index contributed by atoms with van der Waals surface area (Å²) in [6.07, 6.45) is 4.66. The lowest BCUT2D eigenvalue weighted by molar-refractivity contribution is -0.174. The van der Waals surface area contributed by atoms with Gasteiger partial charge in [-0.15, -0.1) is 0 Å². The summed E-state index contributed by atoms with van der Waals surface area (Å²) in [5, 5.41) is 66.2. The molecule has 5 aromatic carbocycles. The summed E-state index contributed by atoms with van der Waals surface area (Å²) in [5.74, 6) is 8.42. The molecule has 2 aliphatic carbocycles. The molecule has 2 bridgehead atoms. The van der Waals surface area contributed by atoms with Crippen molar-refractivity contribution >= 4 is 10.8 Å². The number of aliphatic hydroxyl groups excluding tert-OH is 2. The third kappa shape index (κ3) is 9.13. The van der Waals surface area contributed by atoms with Crippen molar-refractivity contribution in [2.24, 2.45) is 17.8 Å². The number of rotatable bonds is 11. The molecule has 7 N–H and O–H groups in total. The Labute approximate surface area is 415 Å². The Morgan fingerprint density at radius 3 is 2.55 bits per heavy atom. The van der Waals surface area contributed by atoms with Gasteiger partial charge in [0.2, 0.25) is 0 Å². The van der Waals surface area contributed by atoms with Gasteiger partial charge in [-0.3, -0.25) is 5.32 Å². The van der Waals surface area contributed by atoms with Gasteiger partial charge >= 0.3 is 0 Å². The van der Waals surface area contributed by atoms with Gasteiger partial charge in [0.1, 0.15) is 53.0 Å². The first kappa shape index (κ1) is 47.6. The molecule has 0 radical (unpaired) electrons. The standard InChI is InChI=1S/C58H66N2O11/c1-3-33-24-44(34-9-6-11-38(61)22-34)35(25-49(33)64)21-36-23-42(69-41-12-4-5-13-41)28-46-54(65)48(31-68-55(36)46)53-50(14-8-19-66-2)70-56-43-16-15-39(62)26-45(43)51-29-47(56)57(53)71-52-27-40(63)17-18-58(52)37(10-7-20-67-51)30-59-32-60-58/h6,9,11,15-16,22-26,28-29,37,40-41,48,50,52-54,57,59-65H,3-5,8,12-14,17-21,27,30-32H2,1-2H3/t37-,40+,48-,50-,52-,53-,54-,57+,58+/m1/s1. The largest absolute Gasteiger partial charge is 0.508 e. The average Bonchev–Trinajstić information content (AvgIpc) is 3.88. The van der Waals surface area contributed by atoms with E-state index in [1.165, 1.54) is 0 Å². The van der Waals surface area contributed by atoms with Crippen LogP contribution in [0.2, 0.25) is 0 Å². The Kier molecular flexibility index (Phi) is 13.4. The first-order chi connectivity index (χ1) is 34.6. The Hall–Kier alpha value is -5.72. The Morgan fingerprint density at radius 2 is 1.72 bits per heavy atom. The summed E-state index contributed by atoms with van der Waals surface area (Å²) in [6, 6.07) is 22.1. The fourth-order valence-electron chi connectivity index (χ4n) is 12.7. The summed E-state index contributed by atoms with van der Waals surface area (Å²) in [4.78, 5) is 0.